The van der Waals surface area contributed by atoms with Crippen molar-refractivity contribution in [1.29, 1.82) is 0 Å². The topological polar surface area (TPSA) is 90.9 Å². The van der Waals surface area contributed by atoms with Crippen molar-refractivity contribution in [3.63, 3.8) is 0 Å². The summed E-state index contributed by atoms with van der Waals surface area (Å²) in [7, 11) is 2.74. The molecule has 1 aliphatic heterocycles. The average molecular weight is 624 g/mol. The number of nitrogens with zero attached hydrogens (tertiary/aromatic N) is 3. The molecule has 0 radical (unpaired) electrons. The van der Waals surface area contributed by atoms with Gasteiger partial charge in [0.15, 0.2) is 10.9 Å². The van der Waals surface area contributed by atoms with Crippen LogP contribution in [0.2, 0.25) is 0 Å². The van der Waals surface area contributed by atoms with Crippen LogP contribution in [0.15, 0.2) is 45.6 Å². The number of morpholine rings is 1. The normalized spacial score (nSPS) is 15.8. The van der Waals surface area contributed by atoms with Gasteiger partial charge >= 0.3 is 11.9 Å². The second kappa shape index (κ2) is 13.2. The number of ether oxygens (including phenoxy) is 3. The molecule has 1 fully saturated rings. The van der Waals surface area contributed by atoms with Gasteiger partial charge < -0.3 is 14.2 Å². The van der Waals surface area contributed by atoms with E-state index in [9.17, 15) is 9.59 Å². The van der Waals surface area contributed by atoms with Crippen molar-refractivity contribution in [2.24, 2.45) is 0 Å². The monoisotopic (exact) mass is 621 g/mol. The molecular formula is C20H22Br3N3O5. The Morgan fingerprint density at radius 2 is 1.45 bits per heavy atom. The van der Waals surface area contributed by atoms with Crippen LogP contribution in [0.3, 0.4) is 0 Å². The van der Waals surface area contributed by atoms with Gasteiger partial charge in [0.05, 0.1) is 38.8 Å². The van der Waals surface area contributed by atoms with E-state index in [4.69, 9.17) is 9.47 Å². The maximum atomic E-state index is 12.0. The number of halogens is 3. The van der Waals surface area contributed by atoms with Crippen molar-refractivity contribution in [1.82, 2.24) is 14.9 Å². The Bertz CT molecular complexity index is 881. The minimum atomic E-state index is -0.505. The Balaban J connectivity index is 0.000000233. The molecule has 1 saturated heterocycles. The molecule has 8 nitrogen and oxygen atoms in total. The standard InChI is InChI=1S/C12H15BrN2O3.C8H7Br2NO2/c1-17-12(16)11(15-5-7-18-8-6-15)9-3-2-4-10(13)14-9;1-13-8(12)7(10)5-3-2-4-6(9)11-5/h2-4,11H,5-8H2,1H3;2-4,7H,1H3. The van der Waals surface area contributed by atoms with Gasteiger partial charge in [0.1, 0.15) is 9.21 Å². The molecule has 11 heteroatoms. The van der Waals surface area contributed by atoms with Crippen molar-refractivity contribution < 1.29 is 23.8 Å². The molecule has 0 N–H and O–H groups in total. The van der Waals surface area contributed by atoms with Crippen LogP contribution in [0, 0.1) is 0 Å². The number of aromatic nitrogens is 2. The second-order valence-corrected chi connectivity index (χ2v) is 8.77. The van der Waals surface area contributed by atoms with E-state index in [-0.39, 0.29) is 11.9 Å². The van der Waals surface area contributed by atoms with Gasteiger partial charge in [-0.3, -0.25) is 9.69 Å². The van der Waals surface area contributed by atoms with E-state index in [1.165, 1.54) is 14.2 Å². The highest BCUT2D eigenvalue weighted by Crippen LogP contribution is 2.24. The Morgan fingerprint density at radius 1 is 0.935 bits per heavy atom. The number of alkyl halides is 1. The molecule has 0 bridgehead atoms. The summed E-state index contributed by atoms with van der Waals surface area (Å²) in [5.74, 6) is -0.645. The van der Waals surface area contributed by atoms with Crippen molar-refractivity contribution in [2.45, 2.75) is 10.9 Å². The number of hydrogen-bond donors (Lipinski definition) is 0. The predicted octanol–water partition coefficient (Wildman–Crippen LogP) is 3.84. The van der Waals surface area contributed by atoms with Crippen LogP contribution in [0.4, 0.5) is 0 Å². The lowest BCUT2D eigenvalue weighted by Crippen LogP contribution is -2.42. The van der Waals surface area contributed by atoms with Crippen molar-refractivity contribution in [2.75, 3.05) is 40.5 Å². The molecule has 0 aromatic carbocycles. The zero-order chi connectivity index (χ0) is 22.8. The van der Waals surface area contributed by atoms with Crippen molar-refractivity contribution in [3.05, 3.63) is 57.0 Å². The summed E-state index contributed by atoms with van der Waals surface area (Å²) in [6, 6.07) is 10.4. The van der Waals surface area contributed by atoms with Crippen LogP contribution >= 0.6 is 47.8 Å². The van der Waals surface area contributed by atoms with Crippen molar-refractivity contribution in [3.8, 4) is 0 Å². The fourth-order valence-electron chi connectivity index (χ4n) is 2.77. The zero-order valence-electron chi connectivity index (χ0n) is 17.0. The molecule has 0 aliphatic carbocycles. The molecule has 0 amide bonds. The molecule has 2 unspecified atom stereocenters. The highest BCUT2D eigenvalue weighted by molar-refractivity contribution is 9.10. The minimum Gasteiger partial charge on any atom is -0.468 e. The van der Waals surface area contributed by atoms with E-state index < -0.39 is 10.9 Å². The SMILES string of the molecule is COC(=O)C(Br)c1cccc(Br)n1.COC(=O)C(c1cccc(Br)n1)N1CCOCC1. The molecule has 1 aliphatic rings. The summed E-state index contributed by atoms with van der Waals surface area (Å²) in [5.41, 5.74) is 1.32. The first kappa shape index (κ1) is 25.9. The Labute approximate surface area is 206 Å². The average Bonchev–Trinajstić information content (AvgIpc) is 2.79. The molecule has 2 aromatic rings. The van der Waals surface area contributed by atoms with Gasteiger partial charge in [-0.05, 0) is 56.1 Å². The summed E-state index contributed by atoms with van der Waals surface area (Å²) in [5, 5.41) is 0. The third-order valence-electron chi connectivity index (χ3n) is 4.26. The van der Waals surface area contributed by atoms with E-state index in [1.807, 2.05) is 29.2 Å². The van der Waals surface area contributed by atoms with E-state index in [0.717, 1.165) is 0 Å². The van der Waals surface area contributed by atoms with Gasteiger partial charge in [0.25, 0.3) is 0 Å². The summed E-state index contributed by atoms with van der Waals surface area (Å²) < 4.78 is 16.2. The molecule has 168 valence electrons. The van der Waals surface area contributed by atoms with E-state index in [1.54, 1.807) is 12.1 Å². The first-order valence-electron chi connectivity index (χ1n) is 9.23. The number of hydrogen-bond acceptors (Lipinski definition) is 8. The summed E-state index contributed by atoms with van der Waals surface area (Å²) in [6.45, 7) is 2.66. The molecule has 2 aromatic heterocycles. The van der Waals surface area contributed by atoms with Gasteiger partial charge in [0, 0.05) is 13.1 Å². The second-order valence-electron chi connectivity index (χ2n) is 6.23. The molecule has 31 heavy (non-hydrogen) atoms. The maximum absolute atomic E-state index is 12.0. The maximum Gasteiger partial charge on any atom is 0.329 e. The highest BCUT2D eigenvalue weighted by Gasteiger charge is 2.31. The van der Waals surface area contributed by atoms with E-state index in [2.05, 4.69) is 62.5 Å². The summed E-state index contributed by atoms with van der Waals surface area (Å²) in [4.78, 5) is 33.1. The fraction of sp³-hybridized carbons (Fsp3) is 0.400. The van der Waals surface area contributed by atoms with Crippen LogP contribution in [0.1, 0.15) is 22.3 Å². The lowest BCUT2D eigenvalue weighted by Gasteiger charge is -2.32. The summed E-state index contributed by atoms with van der Waals surface area (Å²) in [6.07, 6.45) is 0. The van der Waals surface area contributed by atoms with Gasteiger partial charge in [-0.1, -0.05) is 28.1 Å². The zero-order valence-corrected chi connectivity index (χ0v) is 21.7. The number of methoxy groups -OCH3 is 2. The Morgan fingerprint density at radius 3 is 1.97 bits per heavy atom. The predicted molar refractivity (Wildman–Crippen MR) is 125 cm³/mol. The quantitative estimate of drug-likeness (QED) is 0.282. The van der Waals surface area contributed by atoms with E-state index >= 15 is 0 Å². The van der Waals surface area contributed by atoms with Crippen LogP contribution in [-0.4, -0.2) is 67.3 Å². The van der Waals surface area contributed by atoms with Crippen LogP contribution in [-0.2, 0) is 23.8 Å². The summed E-state index contributed by atoms with van der Waals surface area (Å²) >= 11 is 9.72. The Hall–Kier alpha value is -1.40. The third-order valence-corrected chi connectivity index (χ3v) is 5.98. The Kier molecular flexibility index (Phi) is 11.0. The van der Waals surface area contributed by atoms with Crippen LogP contribution in [0.5, 0.6) is 0 Å². The van der Waals surface area contributed by atoms with Gasteiger partial charge in [0.2, 0.25) is 0 Å². The minimum absolute atomic E-state index is 0.289. The lowest BCUT2D eigenvalue weighted by molar-refractivity contribution is -0.149. The van der Waals surface area contributed by atoms with Crippen LogP contribution in [0.25, 0.3) is 0 Å². The van der Waals surface area contributed by atoms with Gasteiger partial charge in [-0.25, -0.2) is 14.8 Å². The molecule has 0 saturated carbocycles. The largest absolute Gasteiger partial charge is 0.468 e. The third kappa shape index (κ3) is 7.90. The van der Waals surface area contributed by atoms with Gasteiger partial charge in [-0.15, -0.1) is 0 Å². The van der Waals surface area contributed by atoms with Crippen molar-refractivity contribution >= 4 is 59.7 Å². The first-order valence-corrected chi connectivity index (χ1v) is 11.7. The van der Waals surface area contributed by atoms with Gasteiger partial charge in [-0.2, -0.15) is 0 Å². The lowest BCUT2D eigenvalue weighted by atomic mass is 10.1. The number of carbonyl (C=O) groups excluding carboxylic acids is 2. The molecule has 2 atom stereocenters. The number of carbonyl (C=O) groups is 2. The smallest absolute Gasteiger partial charge is 0.329 e. The molecular weight excluding hydrogens is 602 g/mol. The highest BCUT2D eigenvalue weighted by atomic mass is 79.9. The van der Waals surface area contributed by atoms with Crippen LogP contribution < -0.4 is 0 Å². The molecule has 3 heterocycles. The number of pyridine rings is 2. The number of esters is 2. The first-order chi connectivity index (χ1) is 14.9. The number of rotatable bonds is 5. The van der Waals surface area contributed by atoms with E-state index in [0.29, 0.717) is 46.9 Å². The fourth-order valence-corrected chi connectivity index (χ4v) is 3.93. The molecule has 0 spiro atoms. The molecule has 3 rings (SSSR count).